The molecule has 0 atom stereocenters. The molecule has 4 heterocycles. The van der Waals surface area contributed by atoms with Gasteiger partial charge in [-0.2, -0.15) is 14.9 Å². The molecule has 0 spiro atoms. The van der Waals surface area contributed by atoms with E-state index in [1.807, 2.05) is 37.5 Å². The first-order valence-corrected chi connectivity index (χ1v) is 9.97. The summed E-state index contributed by atoms with van der Waals surface area (Å²) in [6.45, 7) is 6.22. The molecule has 8 nitrogen and oxygen atoms in total. The summed E-state index contributed by atoms with van der Waals surface area (Å²) in [5.41, 5.74) is 1.91. The lowest BCUT2D eigenvalue weighted by atomic mass is 9.92. The van der Waals surface area contributed by atoms with Crippen LogP contribution in [0.3, 0.4) is 0 Å². The third kappa shape index (κ3) is 3.95. The minimum absolute atomic E-state index is 0.173. The Morgan fingerprint density at radius 3 is 2.72 bits per heavy atom. The number of rotatable bonds is 4. The van der Waals surface area contributed by atoms with E-state index in [0.717, 1.165) is 16.3 Å². The van der Waals surface area contributed by atoms with Crippen LogP contribution in [0.2, 0.25) is 0 Å². The molecule has 1 amide bonds. The van der Waals surface area contributed by atoms with E-state index < -0.39 is 0 Å². The van der Waals surface area contributed by atoms with Gasteiger partial charge in [-0.25, -0.2) is 9.97 Å². The van der Waals surface area contributed by atoms with Gasteiger partial charge in [0.1, 0.15) is 16.5 Å². The highest BCUT2D eigenvalue weighted by atomic mass is 32.1. The molecule has 0 aliphatic heterocycles. The fraction of sp³-hybridized carbons (Fsp3) is 0.250. The van der Waals surface area contributed by atoms with Crippen molar-refractivity contribution in [2.75, 3.05) is 5.32 Å². The maximum Gasteiger partial charge on any atom is 0.276 e. The number of carbonyl (C=O) groups excluding carboxylic acids is 1. The van der Waals surface area contributed by atoms with Crippen molar-refractivity contribution in [1.29, 1.82) is 0 Å². The summed E-state index contributed by atoms with van der Waals surface area (Å²) in [5, 5.41) is 14.2. The van der Waals surface area contributed by atoms with Crippen LogP contribution < -0.4 is 5.32 Å². The third-order valence-corrected chi connectivity index (χ3v) is 5.17. The number of hydrogen-bond acceptors (Lipinski definition) is 6. The lowest BCUT2D eigenvalue weighted by Gasteiger charge is -2.13. The SMILES string of the molecule is Cn1cc(-c2nc(C(=O)Nc3cc(C(C)(C)C)nn3-c3ccccn3)cs2)cn1. The molecule has 9 heteroatoms. The maximum absolute atomic E-state index is 12.9. The summed E-state index contributed by atoms with van der Waals surface area (Å²) in [4.78, 5) is 21.7. The second-order valence-corrected chi connectivity index (χ2v) is 8.52. The Morgan fingerprint density at radius 1 is 1.24 bits per heavy atom. The largest absolute Gasteiger partial charge is 0.305 e. The minimum atomic E-state index is -0.297. The predicted octanol–water partition coefficient (Wildman–Crippen LogP) is 3.67. The average molecular weight is 408 g/mol. The Balaban J connectivity index is 1.64. The first-order valence-electron chi connectivity index (χ1n) is 9.09. The van der Waals surface area contributed by atoms with Gasteiger partial charge in [0.05, 0.1) is 11.9 Å². The van der Waals surface area contributed by atoms with Gasteiger partial charge in [0.25, 0.3) is 5.91 Å². The van der Waals surface area contributed by atoms with Crippen LogP contribution in [0.1, 0.15) is 37.0 Å². The number of amides is 1. The second kappa shape index (κ2) is 7.25. The first-order chi connectivity index (χ1) is 13.8. The number of carbonyl (C=O) groups is 1. The van der Waals surface area contributed by atoms with Gasteiger partial charge in [-0.15, -0.1) is 11.3 Å². The van der Waals surface area contributed by atoms with Gasteiger partial charge in [-0.05, 0) is 12.1 Å². The molecule has 4 rings (SSSR count). The molecular formula is C20H21N7OS. The van der Waals surface area contributed by atoms with Crippen molar-refractivity contribution in [3.63, 3.8) is 0 Å². The predicted molar refractivity (Wildman–Crippen MR) is 112 cm³/mol. The average Bonchev–Trinajstić information content (AvgIpc) is 3.40. The molecule has 1 N–H and O–H groups in total. The Labute approximate surface area is 172 Å². The molecule has 0 saturated heterocycles. The minimum Gasteiger partial charge on any atom is -0.305 e. The van der Waals surface area contributed by atoms with Crippen LogP contribution in [0.25, 0.3) is 16.4 Å². The van der Waals surface area contributed by atoms with Crippen LogP contribution in [-0.4, -0.2) is 35.4 Å². The van der Waals surface area contributed by atoms with E-state index in [2.05, 4.69) is 46.3 Å². The normalized spacial score (nSPS) is 11.6. The van der Waals surface area contributed by atoms with Gasteiger partial charge in [0, 0.05) is 41.9 Å². The summed E-state index contributed by atoms with van der Waals surface area (Å²) >= 11 is 1.40. The molecule has 0 aliphatic carbocycles. The number of pyridine rings is 1. The number of hydrogen-bond donors (Lipinski definition) is 1. The zero-order valence-electron chi connectivity index (χ0n) is 16.6. The highest BCUT2D eigenvalue weighted by molar-refractivity contribution is 7.13. The Hall–Kier alpha value is -3.33. The van der Waals surface area contributed by atoms with E-state index >= 15 is 0 Å². The summed E-state index contributed by atoms with van der Waals surface area (Å²) < 4.78 is 3.35. The van der Waals surface area contributed by atoms with Gasteiger partial charge in [-0.3, -0.25) is 9.48 Å². The Morgan fingerprint density at radius 2 is 2.07 bits per heavy atom. The maximum atomic E-state index is 12.9. The molecule has 0 saturated carbocycles. The van der Waals surface area contributed by atoms with Crippen molar-refractivity contribution in [2.45, 2.75) is 26.2 Å². The van der Waals surface area contributed by atoms with E-state index in [-0.39, 0.29) is 11.3 Å². The van der Waals surface area contributed by atoms with Gasteiger partial charge in [0.15, 0.2) is 5.82 Å². The van der Waals surface area contributed by atoms with Gasteiger partial charge >= 0.3 is 0 Å². The zero-order chi connectivity index (χ0) is 20.6. The molecule has 0 bridgehead atoms. The molecule has 0 radical (unpaired) electrons. The van der Waals surface area contributed by atoms with E-state index in [4.69, 9.17) is 0 Å². The molecule has 0 fully saturated rings. The van der Waals surface area contributed by atoms with E-state index in [9.17, 15) is 4.79 Å². The highest BCUT2D eigenvalue weighted by Gasteiger charge is 2.23. The molecule has 0 aromatic carbocycles. The topological polar surface area (TPSA) is 90.5 Å². The van der Waals surface area contributed by atoms with E-state index in [1.165, 1.54) is 11.3 Å². The van der Waals surface area contributed by atoms with Crippen LogP contribution in [0.5, 0.6) is 0 Å². The van der Waals surface area contributed by atoms with Gasteiger partial charge in [-0.1, -0.05) is 26.8 Å². The van der Waals surface area contributed by atoms with Crippen molar-refractivity contribution in [3.8, 4) is 16.4 Å². The smallest absolute Gasteiger partial charge is 0.276 e. The summed E-state index contributed by atoms with van der Waals surface area (Å²) in [6, 6.07) is 7.44. The van der Waals surface area contributed by atoms with Crippen molar-refractivity contribution in [1.82, 2.24) is 29.5 Å². The fourth-order valence-electron chi connectivity index (χ4n) is 2.71. The lowest BCUT2D eigenvalue weighted by Crippen LogP contribution is -2.16. The Bertz CT molecular complexity index is 1150. The second-order valence-electron chi connectivity index (χ2n) is 7.66. The zero-order valence-corrected chi connectivity index (χ0v) is 17.4. The summed E-state index contributed by atoms with van der Waals surface area (Å²) in [5.74, 6) is 0.885. The number of nitrogens with one attached hydrogen (secondary N) is 1. The molecule has 4 aromatic rings. The van der Waals surface area contributed by atoms with Crippen molar-refractivity contribution in [2.24, 2.45) is 7.05 Å². The van der Waals surface area contributed by atoms with E-state index in [1.54, 1.807) is 27.1 Å². The van der Waals surface area contributed by atoms with Crippen LogP contribution in [0.15, 0.2) is 48.2 Å². The monoisotopic (exact) mass is 407 g/mol. The molecule has 29 heavy (non-hydrogen) atoms. The lowest BCUT2D eigenvalue weighted by molar-refractivity contribution is 0.102. The number of aromatic nitrogens is 6. The molecule has 0 unspecified atom stereocenters. The summed E-state index contributed by atoms with van der Waals surface area (Å²) in [6.07, 6.45) is 5.29. The molecule has 148 valence electrons. The number of anilines is 1. The van der Waals surface area contributed by atoms with Gasteiger partial charge in [0.2, 0.25) is 0 Å². The van der Waals surface area contributed by atoms with Crippen molar-refractivity contribution >= 4 is 23.1 Å². The van der Waals surface area contributed by atoms with Crippen LogP contribution in [0.4, 0.5) is 5.82 Å². The molecule has 0 aliphatic rings. The first kappa shape index (κ1) is 19.0. The van der Waals surface area contributed by atoms with Crippen LogP contribution in [-0.2, 0) is 12.5 Å². The molecule has 4 aromatic heterocycles. The van der Waals surface area contributed by atoms with E-state index in [0.29, 0.717) is 17.3 Å². The Kier molecular flexibility index (Phi) is 4.75. The van der Waals surface area contributed by atoms with Crippen LogP contribution >= 0.6 is 11.3 Å². The quantitative estimate of drug-likeness (QED) is 0.557. The van der Waals surface area contributed by atoms with Gasteiger partial charge < -0.3 is 5.32 Å². The standard InChI is InChI=1S/C20H21N7OS/c1-20(2,3)15-9-17(27(25-15)16-7-5-6-8-21-16)24-18(28)14-12-29-19(23-14)13-10-22-26(4)11-13/h5-12H,1-4H3,(H,24,28). The number of thiazole rings is 1. The summed E-state index contributed by atoms with van der Waals surface area (Å²) in [7, 11) is 1.84. The molecular weight excluding hydrogens is 386 g/mol. The van der Waals surface area contributed by atoms with Crippen LogP contribution in [0, 0.1) is 0 Å². The highest BCUT2D eigenvalue weighted by Crippen LogP contribution is 2.27. The number of nitrogens with zero attached hydrogens (tertiary/aromatic N) is 6. The number of aryl methyl sites for hydroxylation is 1. The third-order valence-electron chi connectivity index (χ3n) is 4.27. The van der Waals surface area contributed by atoms with Crippen molar-refractivity contribution < 1.29 is 4.79 Å². The van der Waals surface area contributed by atoms with Crippen molar-refractivity contribution in [3.05, 3.63) is 59.6 Å². The fourth-order valence-corrected chi connectivity index (χ4v) is 3.49.